The minimum Gasteiger partial charge on any atom is -0.454 e. The lowest BCUT2D eigenvalue weighted by Gasteiger charge is -2.23. The van der Waals surface area contributed by atoms with E-state index in [9.17, 15) is 14.4 Å². The van der Waals surface area contributed by atoms with E-state index in [0.717, 1.165) is 15.3 Å². The van der Waals surface area contributed by atoms with Gasteiger partial charge in [0.25, 0.3) is 5.91 Å². The van der Waals surface area contributed by atoms with Crippen LogP contribution in [-0.4, -0.2) is 53.6 Å². The van der Waals surface area contributed by atoms with Crippen LogP contribution in [0, 0.1) is 0 Å². The molecule has 4 amide bonds. The standard InChI is InChI=1S/C20H20ClN3O5S/c1-20(8-12-3-5-14-15(7-12)29-11-28-14)18(26)24(19(27)22-20)10-17(25)23(2)9-13-4-6-16(21)30-13/h3-7H,8-11H2,1-2H3,(H,22,27). The van der Waals surface area contributed by atoms with Gasteiger partial charge in [0.05, 0.1) is 10.9 Å². The molecule has 10 heteroatoms. The van der Waals surface area contributed by atoms with Gasteiger partial charge >= 0.3 is 6.03 Å². The second-order valence-electron chi connectivity index (χ2n) is 7.47. The van der Waals surface area contributed by atoms with Gasteiger partial charge in [-0.25, -0.2) is 4.79 Å². The van der Waals surface area contributed by atoms with Crippen molar-refractivity contribution < 1.29 is 23.9 Å². The van der Waals surface area contributed by atoms with Crippen molar-refractivity contribution in [3.8, 4) is 11.5 Å². The molecule has 0 bridgehead atoms. The van der Waals surface area contributed by atoms with Crippen LogP contribution >= 0.6 is 22.9 Å². The molecule has 1 N–H and O–H groups in total. The highest BCUT2D eigenvalue weighted by molar-refractivity contribution is 7.16. The molecule has 1 saturated heterocycles. The van der Waals surface area contributed by atoms with E-state index in [1.54, 1.807) is 32.2 Å². The summed E-state index contributed by atoms with van der Waals surface area (Å²) >= 11 is 7.30. The first-order valence-corrected chi connectivity index (χ1v) is 10.5. The van der Waals surface area contributed by atoms with Crippen molar-refractivity contribution in [2.24, 2.45) is 0 Å². The number of hydrogen-bond acceptors (Lipinski definition) is 6. The second-order valence-corrected chi connectivity index (χ2v) is 9.27. The maximum absolute atomic E-state index is 13.0. The van der Waals surface area contributed by atoms with Crippen molar-refractivity contribution in [1.82, 2.24) is 15.1 Å². The van der Waals surface area contributed by atoms with Crippen LogP contribution in [0.2, 0.25) is 4.34 Å². The quantitative estimate of drug-likeness (QED) is 0.685. The zero-order valence-corrected chi connectivity index (χ0v) is 18.0. The molecule has 0 aliphatic carbocycles. The van der Waals surface area contributed by atoms with E-state index in [1.165, 1.54) is 16.2 Å². The average molecular weight is 450 g/mol. The molecular formula is C20H20ClN3O5S. The molecule has 1 unspecified atom stereocenters. The SMILES string of the molecule is CN(Cc1ccc(Cl)s1)C(=O)CN1C(=O)NC(C)(Cc2ccc3c(c2)OCO3)C1=O. The Kier molecular flexibility index (Phi) is 5.33. The predicted molar refractivity (Wildman–Crippen MR) is 111 cm³/mol. The molecule has 2 aliphatic rings. The summed E-state index contributed by atoms with van der Waals surface area (Å²) in [4.78, 5) is 41.4. The summed E-state index contributed by atoms with van der Waals surface area (Å²) in [5.41, 5.74) is -0.333. The summed E-state index contributed by atoms with van der Waals surface area (Å²) in [6, 6.07) is 8.41. The summed E-state index contributed by atoms with van der Waals surface area (Å²) in [5.74, 6) is 0.477. The van der Waals surface area contributed by atoms with Crippen LogP contribution < -0.4 is 14.8 Å². The molecule has 8 nitrogen and oxygen atoms in total. The number of ether oxygens (including phenoxy) is 2. The highest BCUT2D eigenvalue weighted by atomic mass is 35.5. The highest BCUT2D eigenvalue weighted by Crippen LogP contribution is 2.34. The number of imide groups is 1. The van der Waals surface area contributed by atoms with Gasteiger partial charge in [-0.05, 0) is 36.8 Å². The van der Waals surface area contributed by atoms with Crippen molar-refractivity contribution in [2.75, 3.05) is 20.4 Å². The predicted octanol–water partition coefficient (Wildman–Crippen LogP) is 2.64. The number of nitrogens with zero attached hydrogens (tertiary/aromatic N) is 2. The van der Waals surface area contributed by atoms with Gasteiger partial charge in [0.2, 0.25) is 12.7 Å². The van der Waals surface area contributed by atoms with Gasteiger partial charge in [-0.2, -0.15) is 0 Å². The minimum atomic E-state index is -1.15. The topological polar surface area (TPSA) is 88.2 Å². The summed E-state index contributed by atoms with van der Waals surface area (Å²) in [5, 5.41) is 2.72. The lowest BCUT2D eigenvalue weighted by molar-refractivity contribution is -0.138. The van der Waals surface area contributed by atoms with E-state index in [4.69, 9.17) is 21.1 Å². The van der Waals surface area contributed by atoms with Crippen molar-refractivity contribution in [1.29, 1.82) is 0 Å². The zero-order chi connectivity index (χ0) is 21.5. The Bertz CT molecular complexity index is 1030. The molecule has 2 aliphatic heterocycles. The Hall–Kier alpha value is -2.78. The van der Waals surface area contributed by atoms with Gasteiger partial charge in [0, 0.05) is 18.3 Å². The number of urea groups is 1. The van der Waals surface area contributed by atoms with Crippen molar-refractivity contribution in [3.05, 3.63) is 45.1 Å². The Balaban J connectivity index is 1.42. The first-order valence-electron chi connectivity index (χ1n) is 9.26. The number of halogens is 1. The van der Waals surface area contributed by atoms with Crippen LogP contribution in [0.5, 0.6) is 11.5 Å². The summed E-state index contributed by atoms with van der Waals surface area (Å²) in [7, 11) is 1.63. The fraction of sp³-hybridized carbons (Fsp3) is 0.350. The number of amides is 4. The molecule has 0 radical (unpaired) electrons. The van der Waals surface area contributed by atoms with E-state index < -0.39 is 17.5 Å². The van der Waals surface area contributed by atoms with Gasteiger partial charge in [-0.15, -0.1) is 11.3 Å². The van der Waals surface area contributed by atoms with Gasteiger partial charge in [0.1, 0.15) is 12.1 Å². The number of hydrogen-bond donors (Lipinski definition) is 1. The molecule has 0 saturated carbocycles. The van der Waals surface area contributed by atoms with Gasteiger partial charge in [-0.1, -0.05) is 17.7 Å². The summed E-state index contributed by atoms with van der Waals surface area (Å²) in [6.45, 7) is 1.85. The summed E-state index contributed by atoms with van der Waals surface area (Å²) in [6.07, 6.45) is 0.266. The van der Waals surface area contributed by atoms with E-state index >= 15 is 0 Å². The third kappa shape index (κ3) is 3.95. The Labute approximate surface area is 182 Å². The molecule has 4 rings (SSSR count). The molecule has 1 fully saturated rings. The highest BCUT2D eigenvalue weighted by Gasteiger charge is 2.48. The molecule has 158 valence electrons. The van der Waals surface area contributed by atoms with Crippen LogP contribution in [0.25, 0.3) is 0 Å². The van der Waals surface area contributed by atoms with Crippen LogP contribution in [0.4, 0.5) is 4.79 Å². The second kappa shape index (κ2) is 7.81. The number of carbonyl (C=O) groups is 3. The Morgan fingerprint density at radius 1 is 1.27 bits per heavy atom. The third-order valence-corrected chi connectivity index (χ3v) is 6.30. The first kappa shape index (κ1) is 20.5. The molecule has 1 aromatic heterocycles. The normalized spacial score (nSPS) is 19.9. The first-order chi connectivity index (χ1) is 14.2. The van der Waals surface area contributed by atoms with Gasteiger partial charge < -0.3 is 19.7 Å². The smallest absolute Gasteiger partial charge is 0.325 e. The largest absolute Gasteiger partial charge is 0.454 e. The monoisotopic (exact) mass is 449 g/mol. The maximum Gasteiger partial charge on any atom is 0.325 e. The van der Waals surface area contributed by atoms with Crippen LogP contribution in [0.1, 0.15) is 17.4 Å². The lowest BCUT2D eigenvalue weighted by atomic mass is 9.92. The third-order valence-electron chi connectivity index (χ3n) is 5.08. The van der Waals surface area contributed by atoms with Crippen LogP contribution in [0.3, 0.4) is 0 Å². The average Bonchev–Trinajstić information content (AvgIpc) is 3.37. The fourth-order valence-corrected chi connectivity index (χ4v) is 4.63. The maximum atomic E-state index is 13.0. The fourth-order valence-electron chi connectivity index (χ4n) is 3.48. The number of fused-ring (bicyclic) bond motifs is 1. The summed E-state index contributed by atoms with van der Waals surface area (Å²) < 4.78 is 11.3. The molecule has 2 aromatic rings. The number of benzene rings is 1. The number of nitrogens with one attached hydrogen (secondary N) is 1. The number of carbonyl (C=O) groups excluding carboxylic acids is 3. The Morgan fingerprint density at radius 2 is 2.03 bits per heavy atom. The number of rotatable bonds is 6. The zero-order valence-electron chi connectivity index (χ0n) is 16.4. The van der Waals surface area contributed by atoms with Crippen molar-refractivity contribution in [2.45, 2.75) is 25.4 Å². The van der Waals surface area contributed by atoms with Crippen LogP contribution in [0.15, 0.2) is 30.3 Å². The number of likely N-dealkylation sites (N-methyl/N-ethyl adjacent to an activating group) is 1. The number of thiophene rings is 1. The molecule has 1 atom stereocenters. The van der Waals surface area contributed by atoms with Crippen molar-refractivity contribution >= 4 is 40.8 Å². The molecular weight excluding hydrogens is 430 g/mol. The lowest BCUT2D eigenvalue weighted by Crippen LogP contribution is -2.47. The molecule has 30 heavy (non-hydrogen) atoms. The Morgan fingerprint density at radius 3 is 2.77 bits per heavy atom. The van der Waals surface area contributed by atoms with E-state index in [0.29, 0.717) is 22.4 Å². The van der Waals surface area contributed by atoms with Gasteiger partial charge in [0.15, 0.2) is 11.5 Å². The van der Waals surface area contributed by atoms with Gasteiger partial charge in [-0.3, -0.25) is 14.5 Å². The van der Waals surface area contributed by atoms with E-state index in [-0.39, 0.29) is 25.7 Å². The van der Waals surface area contributed by atoms with E-state index in [1.807, 2.05) is 12.1 Å². The molecule has 3 heterocycles. The molecule has 1 aromatic carbocycles. The van der Waals surface area contributed by atoms with Crippen LogP contribution in [-0.2, 0) is 22.6 Å². The van der Waals surface area contributed by atoms with E-state index in [2.05, 4.69) is 5.32 Å². The molecule has 0 spiro atoms. The minimum absolute atomic E-state index is 0.160. The van der Waals surface area contributed by atoms with Crippen molar-refractivity contribution in [3.63, 3.8) is 0 Å².